The fourth-order valence-electron chi connectivity index (χ4n) is 4.11. The van der Waals surface area contributed by atoms with E-state index in [0.717, 1.165) is 22.8 Å². The van der Waals surface area contributed by atoms with E-state index in [1.54, 1.807) is 18.2 Å². The molecule has 188 valence electrons. The van der Waals surface area contributed by atoms with Gasteiger partial charge in [-0.3, -0.25) is 4.79 Å². The lowest BCUT2D eigenvalue weighted by molar-refractivity contribution is -0.138. The first-order chi connectivity index (χ1) is 17.1. The topological polar surface area (TPSA) is 86.8 Å². The van der Waals surface area contributed by atoms with Crippen LogP contribution >= 0.6 is 35.0 Å². The number of halogens is 5. The molecule has 13 heteroatoms. The number of hydrogen-bond donors (Lipinski definition) is 2. The quantitative estimate of drug-likeness (QED) is 0.294. The van der Waals surface area contributed by atoms with Gasteiger partial charge >= 0.3 is 6.18 Å². The zero-order chi connectivity index (χ0) is 25.6. The van der Waals surface area contributed by atoms with E-state index in [9.17, 15) is 18.0 Å². The Kier molecular flexibility index (Phi) is 6.65. The summed E-state index contributed by atoms with van der Waals surface area (Å²) in [6.45, 7) is 2.12. The Hall–Kier alpha value is -2.76. The number of rotatable bonds is 5. The van der Waals surface area contributed by atoms with E-state index in [2.05, 4.69) is 25.3 Å². The second-order valence-electron chi connectivity index (χ2n) is 8.36. The van der Waals surface area contributed by atoms with Crippen LogP contribution in [0, 0.1) is 0 Å². The Morgan fingerprint density at radius 3 is 2.83 bits per heavy atom. The number of alkyl halides is 3. The average molecular weight is 555 g/mol. The summed E-state index contributed by atoms with van der Waals surface area (Å²) in [5.74, 6) is 1.01. The summed E-state index contributed by atoms with van der Waals surface area (Å²) in [7, 11) is 0. The van der Waals surface area contributed by atoms with Crippen molar-refractivity contribution in [3.8, 4) is 0 Å². The number of amides is 1. The van der Waals surface area contributed by atoms with Crippen LogP contribution in [0.15, 0.2) is 36.7 Å². The molecule has 5 rings (SSSR count). The number of fused-ring (bicyclic) bond motifs is 2. The Balaban J connectivity index is 1.42. The molecule has 1 unspecified atom stereocenters. The minimum absolute atomic E-state index is 0.103. The number of thioether (sulfide) groups is 1. The molecule has 2 N–H and O–H groups in total. The van der Waals surface area contributed by atoms with Crippen LogP contribution in [0.3, 0.4) is 0 Å². The first-order valence-corrected chi connectivity index (χ1v) is 12.7. The summed E-state index contributed by atoms with van der Waals surface area (Å²) in [5, 5.41) is 3.56. The second kappa shape index (κ2) is 9.60. The van der Waals surface area contributed by atoms with E-state index in [0.29, 0.717) is 33.3 Å². The van der Waals surface area contributed by atoms with Gasteiger partial charge < -0.3 is 15.2 Å². The van der Waals surface area contributed by atoms with Gasteiger partial charge in [-0.15, -0.1) is 11.8 Å². The van der Waals surface area contributed by atoms with Gasteiger partial charge in [0, 0.05) is 22.7 Å². The number of carbonyl (C=O) groups is 1. The molecule has 2 aromatic heterocycles. The lowest BCUT2D eigenvalue weighted by Gasteiger charge is -2.25. The van der Waals surface area contributed by atoms with E-state index in [4.69, 9.17) is 23.2 Å². The molecule has 2 atom stereocenters. The lowest BCUT2D eigenvalue weighted by Crippen LogP contribution is -2.37. The standard InChI is InChI=1S/C23H19Cl2F3N6OS/c1-11(20-32-16-3-2-12(24)6-18(16)33-20)31-21-14-7-15(25)13(8-17(14)29-10-30-21)22(35)34-4-5-36-19(34)9-23(26,27)28/h2-3,6-8,10-11,19H,4-5,9H2,1H3,(H,32,33)(H,29,30,31)/t11-,19?/m0/s1. The second-order valence-corrected chi connectivity index (χ2v) is 10.5. The molecule has 3 heterocycles. The van der Waals surface area contributed by atoms with Crippen LogP contribution < -0.4 is 5.32 Å². The number of benzene rings is 2. The maximum atomic E-state index is 13.1. The highest BCUT2D eigenvalue weighted by Crippen LogP contribution is 2.36. The largest absolute Gasteiger partial charge is 0.391 e. The summed E-state index contributed by atoms with van der Waals surface area (Å²) < 4.78 is 38.9. The smallest absolute Gasteiger partial charge is 0.360 e. The van der Waals surface area contributed by atoms with Gasteiger partial charge in [0.25, 0.3) is 5.91 Å². The third-order valence-electron chi connectivity index (χ3n) is 5.84. The van der Waals surface area contributed by atoms with Crippen LogP contribution in [0.4, 0.5) is 19.0 Å². The SMILES string of the molecule is C[C@H](Nc1ncnc2cc(C(=O)N3CCSC3CC(F)(F)F)c(Cl)cc12)c1nc2cc(Cl)ccc2[nH]1. The summed E-state index contributed by atoms with van der Waals surface area (Å²) >= 11 is 13.6. The van der Waals surface area contributed by atoms with E-state index in [-0.39, 0.29) is 23.2 Å². The summed E-state index contributed by atoms with van der Waals surface area (Å²) in [5.41, 5.74) is 2.10. The highest BCUT2D eigenvalue weighted by molar-refractivity contribution is 8.00. The van der Waals surface area contributed by atoms with Crippen molar-refractivity contribution in [3.63, 3.8) is 0 Å². The van der Waals surface area contributed by atoms with Crippen molar-refractivity contribution in [1.82, 2.24) is 24.8 Å². The minimum Gasteiger partial charge on any atom is -0.360 e. The number of hydrogen-bond acceptors (Lipinski definition) is 6. The van der Waals surface area contributed by atoms with Crippen molar-refractivity contribution < 1.29 is 18.0 Å². The predicted octanol–water partition coefficient (Wildman–Crippen LogP) is 6.45. The number of nitrogens with one attached hydrogen (secondary N) is 2. The first-order valence-electron chi connectivity index (χ1n) is 10.9. The Morgan fingerprint density at radius 2 is 2.06 bits per heavy atom. The molecule has 1 amide bonds. The number of carbonyl (C=O) groups excluding carboxylic acids is 1. The molecule has 1 saturated heterocycles. The van der Waals surface area contributed by atoms with Crippen LogP contribution in [-0.4, -0.2) is 54.6 Å². The zero-order valence-corrected chi connectivity index (χ0v) is 21.1. The maximum absolute atomic E-state index is 13.1. The van der Waals surface area contributed by atoms with Crippen molar-refractivity contribution in [3.05, 3.63) is 58.1 Å². The number of aromatic amines is 1. The van der Waals surface area contributed by atoms with Gasteiger partial charge in [-0.25, -0.2) is 15.0 Å². The Morgan fingerprint density at radius 1 is 1.25 bits per heavy atom. The van der Waals surface area contributed by atoms with Gasteiger partial charge in [0.1, 0.15) is 18.0 Å². The van der Waals surface area contributed by atoms with Gasteiger partial charge in [0.05, 0.1) is 45.0 Å². The summed E-state index contributed by atoms with van der Waals surface area (Å²) in [6, 6.07) is 8.15. The Bertz CT molecular complexity index is 1460. The first kappa shape index (κ1) is 24.9. The van der Waals surface area contributed by atoms with Crippen LogP contribution in [0.2, 0.25) is 10.0 Å². The van der Waals surface area contributed by atoms with Crippen molar-refractivity contribution in [2.24, 2.45) is 0 Å². The van der Waals surface area contributed by atoms with Gasteiger partial charge in [-0.1, -0.05) is 23.2 Å². The van der Waals surface area contributed by atoms with Crippen LogP contribution in [0.5, 0.6) is 0 Å². The highest BCUT2D eigenvalue weighted by Gasteiger charge is 2.40. The number of anilines is 1. The van der Waals surface area contributed by atoms with E-state index < -0.39 is 23.9 Å². The third kappa shape index (κ3) is 5.05. The van der Waals surface area contributed by atoms with Gasteiger partial charge in [0.15, 0.2) is 0 Å². The molecule has 0 bridgehead atoms. The molecule has 0 spiro atoms. The van der Waals surface area contributed by atoms with Crippen molar-refractivity contribution in [2.45, 2.75) is 30.9 Å². The van der Waals surface area contributed by atoms with Gasteiger partial charge in [-0.2, -0.15) is 13.2 Å². The zero-order valence-electron chi connectivity index (χ0n) is 18.7. The molecular weight excluding hydrogens is 536 g/mol. The normalized spacial score (nSPS) is 17.2. The van der Waals surface area contributed by atoms with Crippen molar-refractivity contribution in [2.75, 3.05) is 17.6 Å². The average Bonchev–Trinajstić information content (AvgIpc) is 3.44. The molecule has 1 aliphatic rings. The van der Waals surface area contributed by atoms with Crippen LogP contribution in [0.1, 0.15) is 35.6 Å². The number of imidazole rings is 1. The predicted molar refractivity (Wildman–Crippen MR) is 136 cm³/mol. The van der Waals surface area contributed by atoms with E-state index >= 15 is 0 Å². The molecule has 36 heavy (non-hydrogen) atoms. The molecule has 1 fully saturated rings. The molecule has 4 aromatic rings. The van der Waals surface area contributed by atoms with Gasteiger partial charge in [-0.05, 0) is 37.3 Å². The summed E-state index contributed by atoms with van der Waals surface area (Å²) in [6.07, 6.45) is -4.10. The fraction of sp³-hybridized carbons (Fsp3) is 0.304. The fourth-order valence-corrected chi connectivity index (χ4v) is 5.78. The van der Waals surface area contributed by atoms with E-state index in [1.165, 1.54) is 17.3 Å². The third-order valence-corrected chi connectivity index (χ3v) is 7.61. The van der Waals surface area contributed by atoms with Crippen LogP contribution in [-0.2, 0) is 0 Å². The Labute approximate surface area is 217 Å². The van der Waals surface area contributed by atoms with Gasteiger partial charge in [0.2, 0.25) is 0 Å². The molecule has 7 nitrogen and oxygen atoms in total. The monoisotopic (exact) mass is 554 g/mol. The van der Waals surface area contributed by atoms with Crippen molar-refractivity contribution >= 4 is 68.6 Å². The maximum Gasteiger partial charge on any atom is 0.391 e. The minimum atomic E-state index is -4.37. The number of nitrogens with zero attached hydrogens (tertiary/aromatic N) is 4. The highest BCUT2D eigenvalue weighted by atomic mass is 35.5. The molecule has 0 radical (unpaired) electrons. The van der Waals surface area contributed by atoms with E-state index in [1.807, 2.05) is 13.0 Å². The molecule has 2 aromatic carbocycles. The van der Waals surface area contributed by atoms with Crippen molar-refractivity contribution in [1.29, 1.82) is 0 Å². The summed E-state index contributed by atoms with van der Waals surface area (Å²) in [4.78, 5) is 30.8. The lowest BCUT2D eigenvalue weighted by atomic mass is 10.1. The molecule has 0 aliphatic carbocycles. The number of H-pyrrole nitrogens is 1. The number of aromatic nitrogens is 4. The molecular formula is C23H19Cl2F3N6OS. The molecule has 0 saturated carbocycles. The van der Waals surface area contributed by atoms with Crippen LogP contribution in [0.25, 0.3) is 21.9 Å². The molecule has 1 aliphatic heterocycles.